The van der Waals surface area contributed by atoms with E-state index in [1.807, 2.05) is 0 Å². The number of alkyl halides is 3. The van der Waals surface area contributed by atoms with E-state index in [1.165, 1.54) is 12.1 Å². The summed E-state index contributed by atoms with van der Waals surface area (Å²) in [5.74, 6) is -1.68. The second-order valence-corrected chi connectivity index (χ2v) is 4.14. The Morgan fingerprint density at radius 1 is 1.28 bits per heavy atom. The van der Waals surface area contributed by atoms with E-state index in [0.29, 0.717) is 18.6 Å². The van der Waals surface area contributed by atoms with Gasteiger partial charge in [0.05, 0.1) is 17.6 Å². The van der Waals surface area contributed by atoms with Gasteiger partial charge in [-0.3, -0.25) is 4.79 Å². The van der Waals surface area contributed by atoms with Gasteiger partial charge in [0.15, 0.2) is 0 Å². The van der Waals surface area contributed by atoms with Crippen LogP contribution in [0.25, 0.3) is 0 Å². The first-order valence-corrected chi connectivity index (χ1v) is 5.41. The van der Waals surface area contributed by atoms with Gasteiger partial charge < -0.3 is 9.84 Å². The average Bonchev–Trinajstić information content (AvgIpc) is 2.77. The minimum absolute atomic E-state index is 0.308. The van der Waals surface area contributed by atoms with E-state index in [2.05, 4.69) is 0 Å². The molecule has 6 heteroatoms. The smallest absolute Gasteiger partial charge is 0.416 e. The summed E-state index contributed by atoms with van der Waals surface area (Å²) in [6.07, 6.45) is -4.67. The molecule has 1 heterocycles. The zero-order valence-corrected chi connectivity index (χ0v) is 9.28. The number of carbonyl (C=O) groups is 1. The molecule has 2 rings (SSSR count). The van der Waals surface area contributed by atoms with E-state index in [-0.39, 0.29) is 0 Å². The molecule has 0 amide bonds. The third kappa shape index (κ3) is 2.48. The molecule has 98 valence electrons. The largest absolute Gasteiger partial charge is 0.481 e. The quantitative estimate of drug-likeness (QED) is 0.889. The van der Waals surface area contributed by atoms with Crippen LogP contribution in [0.4, 0.5) is 13.2 Å². The summed E-state index contributed by atoms with van der Waals surface area (Å²) in [6.45, 7) is 0.308. The Balaban J connectivity index is 2.22. The molecule has 0 aromatic heterocycles. The van der Waals surface area contributed by atoms with Crippen molar-refractivity contribution in [2.75, 3.05) is 6.61 Å². The summed E-state index contributed by atoms with van der Waals surface area (Å²) in [5, 5.41) is 8.97. The van der Waals surface area contributed by atoms with Gasteiger partial charge in [-0.2, -0.15) is 13.2 Å². The fraction of sp³-hybridized carbons (Fsp3) is 0.417. The van der Waals surface area contributed by atoms with Crippen molar-refractivity contribution >= 4 is 5.97 Å². The number of carboxylic acid groups (broad SMARTS) is 1. The number of ether oxygens (including phenoxy) is 1. The Hall–Kier alpha value is -1.56. The van der Waals surface area contributed by atoms with Crippen LogP contribution in [0.15, 0.2) is 24.3 Å². The van der Waals surface area contributed by atoms with Gasteiger partial charge in [0, 0.05) is 6.61 Å². The van der Waals surface area contributed by atoms with Crippen LogP contribution in [-0.4, -0.2) is 17.7 Å². The highest BCUT2D eigenvalue weighted by molar-refractivity contribution is 5.71. The molecule has 1 fully saturated rings. The lowest BCUT2D eigenvalue weighted by molar-refractivity contribution is -0.143. The summed E-state index contributed by atoms with van der Waals surface area (Å²) >= 11 is 0. The van der Waals surface area contributed by atoms with Gasteiger partial charge in [-0.05, 0) is 24.1 Å². The van der Waals surface area contributed by atoms with Crippen molar-refractivity contribution in [1.29, 1.82) is 0 Å². The van der Waals surface area contributed by atoms with Crippen LogP contribution in [0.5, 0.6) is 0 Å². The number of hydrogen-bond acceptors (Lipinski definition) is 2. The summed E-state index contributed by atoms with van der Waals surface area (Å²) in [7, 11) is 0. The first-order valence-electron chi connectivity index (χ1n) is 5.41. The van der Waals surface area contributed by atoms with Crippen molar-refractivity contribution in [3.63, 3.8) is 0 Å². The summed E-state index contributed by atoms with van der Waals surface area (Å²) in [4.78, 5) is 11.0. The van der Waals surface area contributed by atoms with Crippen LogP contribution >= 0.6 is 0 Å². The molecule has 0 saturated carbocycles. The molecule has 1 aromatic rings. The molecule has 2 atom stereocenters. The molecule has 1 aliphatic heterocycles. The number of benzene rings is 1. The Kier molecular flexibility index (Phi) is 3.30. The number of carboxylic acids is 1. The van der Waals surface area contributed by atoms with Gasteiger partial charge in [-0.1, -0.05) is 12.1 Å². The highest BCUT2D eigenvalue weighted by Gasteiger charge is 2.36. The lowest BCUT2D eigenvalue weighted by Crippen LogP contribution is -2.17. The van der Waals surface area contributed by atoms with Crippen molar-refractivity contribution in [1.82, 2.24) is 0 Å². The number of aliphatic carboxylic acids is 1. The summed E-state index contributed by atoms with van der Waals surface area (Å²) in [5.41, 5.74) is -0.288. The normalized spacial score (nSPS) is 24.2. The molecule has 0 spiro atoms. The lowest BCUT2D eigenvalue weighted by Gasteiger charge is -2.16. The third-order valence-electron chi connectivity index (χ3n) is 2.98. The number of hydrogen-bond donors (Lipinski definition) is 1. The van der Waals surface area contributed by atoms with Crippen LogP contribution in [0, 0.1) is 5.92 Å². The molecule has 0 aliphatic carbocycles. The van der Waals surface area contributed by atoms with Crippen molar-refractivity contribution < 1.29 is 27.8 Å². The SMILES string of the molecule is O=C(O)C1CCOC1c1ccc(C(F)(F)F)cc1. The zero-order valence-electron chi connectivity index (χ0n) is 9.28. The molecule has 1 aromatic carbocycles. The predicted octanol–water partition coefficient (Wildman–Crippen LogP) is 2.87. The summed E-state index contributed by atoms with van der Waals surface area (Å²) in [6, 6.07) is 4.43. The molecule has 3 nitrogen and oxygen atoms in total. The molecular formula is C12H11F3O3. The van der Waals surface area contributed by atoms with Crippen LogP contribution < -0.4 is 0 Å². The van der Waals surface area contributed by atoms with E-state index in [9.17, 15) is 18.0 Å². The Bertz CT molecular complexity index is 439. The second-order valence-electron chi connectivity index (χ2n) is 4.14. The summed E-state index contributed by atoms with van der Waals surface area (Å²) < 4.78 is 42.4. The maximum absolute atomic E-state index is 12.4. The van der Waals surface area contributed by atoms with Crippen LogP contribution in [-0.2, 0) is 15.7 Å². The van der Waals surface area contributed by atoms with Gasteiger partial charge in [0.1, 0.15) is 0 Å². The fourth-order valence-electron chi connectivity index (χ4n) is 2.03. The van der Waals surface area contributed by atoms with Gasteiger partial charge in [0.25, 0.3) is 0 Å². The Morgan fingerprint density at radius 2 is 1.89 bits per heavy atom. The average molecular weight is 260 g/mol. The van der Waals surface area contributed by atoms with E-state index in [4.69, 9.17) is 9.84 Å². The molecule has 0 radical (unpaired) electrons. The Labute approximate surface area is 101 Å². The minimum Gasteiger partial charge on any atom is -0.481 e. The molecule has 0 bridgehead atoms. The van der Waals surface area contributed by atoms with Crippen LogP contribution in [0.1, 0.15) is 23.7 Å². The number of halogens is 3. The fourth-order valence-corrected chi connectivity index (χ4v) is 2.03. The Morgan fingerprint density at radius 3 is 2.39 bits per heavy atom. The van der Waals surface area contributed by atoms with Gasteiger partial charge in [0.2, 0.25) is 0 Å². The van der Waals surface area contributed by atoms with E-state index < -0.39 is 29.7 Å². The molecular weight excluding hydrogens is 249 g/mol. The topological polar surface area (TPSA) is 46.5 Å². The lowest BCUT2D eigenvalue weighted by atomic mass is 9.95. The first-order chi connectivity index (χ1) is 8.39. The molecule has 1 aliphatic rings. The van der Waals surface area contributed by atoms with Gasteiger partial charge in [-0.25, -0.2) is 0 Å². The van der Waals surface area contributed by atoms with Gasteiger partial charge >= 0.3 is 12.1 Å². The second kappa shape index (κ2) is 4.61. The predicted molar refractivity (Wildman–Crippen MR) is 55.9 cm³/mol. The monoisotopic (exact) mass is 260 g/mol. The maximum Gasteiger partial charge on any atom is 0.416 e. The zero-order chi connectivity index (χ0) is 13.3. The van der Waals surface area contributed by atoms with Crippen molar-refractivity contribution in [3.05, 3.63) is 35.4 Å². The molecule has 1 N–H and O–H groups in total. The number of rotatable bonds is 2. The molecule has 1 saturated heterocycles. The maximum atomic E-state index is 12.4. The van der Waals surface area contributed by atoms with E-state index >= 15 is 0 Å². The minimum atomic E-state index is -4.39. The molecule has 2 unspecified atom stereocenters. The van der Waals surface area contributed by atoms with Crippen molar-refractivity contribution in [2.24, 2.45) is 5.92 Å². The third-order valence-corrected chi connectivity index (χ3v) is 2.98. The highest BCUT2D eigenvalue weighted by Crippen LogP contribution is 2.36. The van der Waals surface area contributed by atoms with Gasteiger partial charge in [-0.15, -0.1) is 0 Å². The van der Waals surface area contributed by atoms with E-state index in [0.717, 1.165) is 12.1 Å². The van der Waals surface area contributed by atoms with E-state index in [1.54, 1.807) is 0 Å². The van der Waals surface area contributed by atoms with Crippen molar-refractivity contribution in [3.8, 4) is 0 Å². The van der Waals surface area contributed by atoms with Crippen LogP contribution in [0.3, 0.4) is 0 Å². The molecule has 18 heavy (non-hydrogen) atoms. The van der Waals surface area contributed by atoms with Crippen molar-refractivity contribution in [2.45, 2.75) is 18.7 Å². The highest BCUT2D eigenvalue weighted by atomic mass is 19.4. The van der Waals surface area contributed by atoms with Crippen LogP contribution in [0.2, 0.25) is 0 Å². The first kappa shape index (κ1) is 12.9. The standard InChI is InChI=1S/C12H11F3O3/c13-12(14,15)8-3-1-7(2-4-8)10-9(11(16)17)5-6-18-10/h1-4,9-10H,5-6H2,(H,16,17).